The Bertz CT molecular complexity index is 964. The number of nitrogens with one attached hydrogen (secondary N) is 1. The van der Waals surface area contributed by atoms with Crippen molar-refractivity contribution in [2.45, 2.75) is 109 Å². The molecule has 0 unspecified atom stereocenters. The van der Waals surface area contributed by atoms with Gasteiger partial charge in [0, 0.05) is 29.3 Å². The van der Waals surface area contributed by atoms with Crippen LogP contribution in [0.1, 0.15) is 100 Å². The maximum Gasteiger partial charge on any atom is 0.407 e. The highest BCUT2D eigenvalue weighted by molar-refractivity contribution is 7.14. The first-order valence-electron chi connectivity index (χ1n) is 13.8. The molecule has 2 N–H and O–H groups in total. The number of hydrogen-bond donors (Lipinski definition) is 2. The van der Waals surface area contributed by atoms with Crippen molar-refractivity contribution >= 4 is 35.0 Å². The van der Waals surface area contributed by atoms with Gasteiger partial charge in [-0.3, -0.25) is 4.79 Å². The lowest BCUT2D eigenvalue weighted by atomic mass is 9.81. The molecule has 1 atom stereocenters. The van der Waals surface area contributed by atoms with E-state index in [-0.39, 0.29) is 40.3 Å². The standard InChI is InChI=1S/C28H42N2O6S/c1-17-5-7-18(8-6-17)25(31)30(22-15-23(28(2,3)4)37-24(22)26(32)33)20-11-9-19(10-12-20)29-27(34)36-21-13-14-35-16-21/h15,17-21H,5-14,16H2,1-4H3,(H,29,34)(H,32,33)/t17?,18?,19?,20?,21-/m1/s1. The van der Waals surface area contributed by atoms with Gasteiger partial charge in [0.15, 0.2) is 0 Å². The van der Waals surface area contributed by atoms with E-state index in [0.717, 1.165) is 37.0 Å². The molecule has 2 heterocycles. The highest BCUT2D eigenvalue weighted by Gasteiger charge is 2.38. The second-order valence-corrected chi connectivity index (χ2v) is 13.1. The molecule has 1 aromatic rings. The van der Waals surface area contributed by atoms with Crippen LogP contribution in [0.15, 0.2) is 6.07 Å². The number of thiophene rings is 1. The van der Waals surface area contributed by atoms with Crippen LogP contribution in [-0.2, 0) is 19.7 Å². The zero-order valence-corrected chi connectivity index (χ0v) is 23.4. The predicted octanol–water partition coefficient (Wildman–Crippen LogP) is 5.73. The summed E-state index contributed by atoms with van der Waals surface area (Å²) in [7, 11) is 0. The van der Waals surface area contributed by atoms with E-state index in [9.17, 15) is 19.5 Å². The fraction of sp³-hybridized carbons (Fsp3) is 0.750. The summed E-state index contributed by atoms with van der Waals surface area (Å²) in [6.07, 6.45) is 6.70. The minimum atomic E-state index is -0.987. The van der Waals surface area contributed by atoms with Crippen molar-refractivity contribution in [1.29, 1.82) is 0 Å². The Morgan fingerprint density at radius 2 is 1.73 bits per heavy atom. The number of ether oxygens (including phenoxy) is 2. The van der Waals surface area contributed by atoms with Crippen LogP contribution < -0.4 is 10.2 Å². The van der Waals surface area contributed by atoms with Crippen molar-refractivity contribution in [3.8, 4) is 0 Å². The maximum atomic E-state index is 14.0. The molecule has 8 nitrogen and oxygen atoms in total. The molecule has 0 radical (unpaired) electrons. The third kappa shape index (κ3) is 6.85. The van der Waals surface area contributed by atoms with Gasteiger partial charge in [0.2, 0.25) is 5.91 Å². The number of aromatic carboxylic acids is 1. The Balaban J connectivity index is 1.52. The molecule has 1 aromatic heterocycles. The zero-order chi connectivity index (χ0) is 26.7. The predicted molar refractivity (Wildman–Crippen MR) is 143 cm³/mol. The lowest BCUT2D eigenvalue weighted by Crippen LogP contribution is -2.49. The molecule has 0 bridgehead atoms. The van der Waals surface area contributed by atoms with E-state index in [4.69, 9.17) is 9.47 Å². The second kappa shape index (κ2) is 11.7. The third-order valence-electron chi connectivity index (χ3n) is 8.05. The number of carboxylic acid groups (broad SMARTS) is 1. The van der Waals surface area contributed by atoms with Gasteiger partial charge in [0.1, 0.15) is 11.0 Å². The number of rotatable bonds is 6. The Labute approximate surface area is 224 Å². The fourth-order valence-electron chi connectivity index (χ4n) is 5.72. The van der Waals surface area contributed by atoms with Crippen molar-refractivity contribution in [2.24, 2.45) is 11.8 Å². The van der Waals surface area contributed by atoms with Crippen molar-refractivity contribution < 1.29 is 29.0 Å². The summed E-state index contributed by atoms with van der Waals surface area (Å²) < 4.78 is 10.7. The summed E-state index contributed by atoms with van der Waals surface area (Å²) in [6.45, 7) is 9.49. The molecule has 4 rings (SSSR count). The van der Waals surface area contributed by atoms with Gasteiger partial charge >= 0.3 is 12.1 Å². The molecule has 206 valence electrons. The van der Waals surface area contributed by atoms with E-state index < -0.39 is 12.1 Å². The first kappa shape index (κ1) is 27.9. The van der Waals surface area contributed by atoms with Crippen LogP contribution in [0.5, 0.6) is 0 Å². The van der Waals surface area contributed by atoms with E-state index in [1.54, 1.807) is 0 Å². The molecule has 2 saturated carbocycles. The second-order valence-electron chi connectivity index (χ2n) is 12.1. The molecule has 1 aliphatic heterocycles. The number of anilines is 1. The number of amides is 2. The van der Waals surface area contributed by atoms with E-state index in [1.807, 2.05) is 11.0 Å². The summed E-state index contributed by atoms with van der Waals surface area (Å²) in [5.74, 6) is -0.377. The van der Waals surface area contributed by atoms with Crippen LogP contribution in [0.25, 0.3) is 0 Å². The molecule has 3 aliphatic rings. The van der Waals surface area contributed by atoms with Crippen LogP contribution in [0.3, 0.4) is 0 Å². The molecule has 3 fully saturated rings. The van der Waals surface area contributed by atoms with Crippen LogP contribution >= 0.6 is 11.3 Å². The summed E-state index contributed by atoms with van der Waals surface area (Å²) >= 11 is 1.28. The average Bonchev–Trinajstić information content (AvgIpc) is 3.51. The van der Waals surface area contributed by atoms with Gasteiger partial charge in [-0.2, -0.15) is 0 Å². The number of alkyl carbamates (subject to hydrolysis) is 1. The molecule has 0 aromatic carbocycles. The number of carbonyl (C=O) groups excluding carboxylic acids is 2. The highest BCUT2D eigenvalue weighted by Crippen LogP contribution is 2.41. The first-order chi connectivity index (χ1) is 17.5. The lowest BCUT2D eigenvalue weighted by molar-refractivity contribution is -0.124. The molecular formula is C28H42N2O6S. The molecular weight excluding hydrogens is 492 g/mol. The molecule has 37 heavy (non-hydrogen) atoms. The lowest BCUT2D eigenvalue weighted by Gasteiger charge is -2.39. The van der Waals surface area contributed by atoms with Crippen LogP contribution in [-0.4, -0.2) is 54.5 Å². The quantitative estimate of drug-likeness (QED) is 0.483. The summed E-state index contributed by atoms with van der Waals surface area (Å²) in [6, 6.07) is 1.82. The first-order valence-corrected chi connectivity index (χ1v) is 14.6. The molecule has 1 saturated heterocycles. The van der Waals surface area contributed by atoms with Gasteiger partial charge in [0.05, 0.1) is 18.9 Å². The third-order valence-corrected chi connectivity index (χ3v) is 9.59. The van der Waals surface area contributed by atoms with Crippen molar-refractivity contribution in [3.63, 3.8) is 0 Å². The molecule has 2 amide bonds. The minimum absolute atomic E-state index is 0.0230. The Hall–Kier alpha value is -2.13. The number of hydrogen-bond acceptors (Lipinski definition) is 6. The van der Waals surface area contributed by atoms with E-state index in [1.165, 1.54) is 11.3 Å². The topological polar surface area (TPSA) is 105 Å². The van der Waals surface area contributed by atoms with Gasteiger partial charge in [0.25, 0.3) is 0 Å². The number of carbonyl (C=O) groups is 3. The van der Waals surface area contributed by atoms with E-state index in [0.29, 0.717) is 50.5 Å². The van der Waals surface area contributed by atoms with Gasteiger partial charge < -0.3 is 24.8 Å². The van der Waals surface area contributed by atoms with Gasteiger partial charge in [-0.25, -0.2) is 9.59 Å². The van der Waals surface area contributed by atoms with Crippen LogP contribution in [0.2, 0.25) is 0 Å². The Morgan fingerprint density at radius 3 is 2.30 bits per heavy atom. The monoisotopic (exact) mass is 534 g/mol. The van der Waals surface area contributed by atoms with Crippen molar-refractivity contribution in [1.82, 2.24) is 5.32 Å². The minimum Gasteiger partial charge on any atom is -0.477 e. The molecule has 9 heteroatoms. The SMILES string of the molecule is CC1CCC(C(=O)N(c2cc(C(C)(C)C)sc2C(=O)O)C2CCC(NC(=O)O[C@@H]3CCOC3)CC2)CC1. The largest absolute Gasteiger partial charge is 0.477 e. The number of carboxylic acids is 1. The average molecular weight is 535 g/mol. The van der Waals surface area contributed by atoms with E-state index in [2.05, 4.69) is 33.0 Å². The van der Waals surface area contributed by atoms with E-state index >= 15 is 0 Å². The number of nitrogens with zero attached hydrogens (tertiary/aromatic N) is 1. The highest BCUT2D eigenvalue weighted by atomic mass is 32.1. The summed E-state index contributed by atoms with van der Waals surface area (Å²) in [5, 5.41) is 13.1. The zero-order valence-electron chi connectivity index (χ0n) is 22.6. The maximum absolute atomic E-state index is 14.0. The smallest absolute Gasteiger partial charge is 0.407 e. The van der Waals surface area contributed by atoms with Gasteiger partial charge in [-0.05, 0) is 68.8 Å². The summed E-state index contributed by atoms with van der Waals surface area (Å²) in [4.78, 5) is 41.7. The summed E-state index contributed by atoms with van der Waals surface area (Å²) in [5.41, 5.74) is 0.331. The van der Waals surface area contributed by atoms with Crippen molar-refractivity contribution in [3.05, 3.63) is 15.8 Å². The van der Waals surface area contributed by atoms with Crippen LogP contribution in [0.4, 0.5) is 10.5 Å². The Morgan fingerprint density at radius 1 is 1.05 bits per heavy atom. The molecule has 0 spiro atoms. The fourth-order valence-corrected chi connectivity index (χ4v) is 6.76. The van der Waals surface area contributed by atoms with Crippen molar-refractivity contribution in [2.75, 3.05) is 18.1 Å². The van der Waals surface area contributed by atoms with Crippen LogP contribution in [0, 0.1) is 11.8 Å². The molecule has 2 aliphatic carbocycles. The normalized spacial score (nSPS) is 28.5. The Kier molecular flexibility index (Phi) is 8.84. The van der Waals surface area contributed by atoms with Gasteiger partial charge in [-0.15, -0.1) is 11.3 Å². The van der Waals surface area contributed by atoms with Gasteiger partial charge in [-0.1, -0.05) is 27.7 Å².